The van der Waals surface area contributed by atoms with E-state index in [1.807, 2.05) is 23.1 Å². The summed E-state index contributed by atoms with van der Waals surface area (Å²) in [7, 11) is 0. The summed E-state index contributed by atoms with van der Waals surface area (Å²) in [6.45, 7) is 3.86. The summed E-state index contributed by atoms with van der Waals surface area (Å²) in [4.78, 5) is 76.6. The van der Waals surface area contributed by atoms with Crippen molar-refractivity contribution in [2.45, 2.75) is 51.6 Å². The van der Waals surface area contributed by atoms with Crippen molar-refractivity contribution in [1.29, 1.82) is 0 Å². The van der Waals surface area contributed by atoms with Crippen molar-refractivity contribution in [1.82, 2.24) is 40.3 Å². The third kappa shape index (κ3) is 6.77. The number of unbranched alkanes of at least 4 members (excludes halogenated alkanes) is 1. The van der Waals surface area contributed by atoms with Crippen LogP contribution in [0.15, 0.2) is 67.1 Å². The number of nitrogens with zero attached hydrogens (tertiary/aromatic N) is 5. The molecule has 0 aliphatic carbocycles. The van der Waals surface area contributed by atoms with Crippen molar-refractivity contribution in [2.24, 2.45) is 0 Å². The van der Waals surface area contributed by atoms with Crippen LogP contribution in [0.2, 0.25) is 0 Å². The summed E-state index contributed by atoms with van der Waals surface area (Å²) in [5.41, 5.74) is 4.53. The fourth-order valence-electron chi connectivity index (χ4n) is 6.33. The number of H-pyrrole nitrogens is 1. The molecule has 3 aromatic heterocycles. The Bertz CT molecular complexity index is 2150. The molecule has 15 heteroatoms. The molecule has 2 aliphatic rings. The van der Waals surface area contributed by atoms with Crippen LogP contribution in [0.25, 0.3) is 22.3 Å². The number of aryl methyl sites for hydroxylation is 1. The van der Waals surface area contributed by atoms with Gasteiger partial charge in [0.1, 0.15) is 11.7 Å². The first-order valence-corrected chi connectivity index (χ1v) is 16.9. The summed E-state index contributed by atoms with van der Waals surface area (Å²) >= 11 is 0. The van der Waals surface area contributed by atoms with Gasteiger partial charge in [-0.2, -0.15) is 10.1 Å². The second-order valence-corrected chi connectivity index (χ2v) is 12.4. The number of piperidine rings is 1. The topological polar surface area (TPSA) is 196 Å². The van der Waals surface area contributed by atoms with Gasteiger partial charge in [-0.05, 0) is 68.1 Å². The molecule has 2 aromatic carbocycles. The minimum Gasteiger partial charge on any atom is -0.384 e. The molecule has 5 aromatic rings. The normalized spacial score (nSPS) is 15.6. The zero-order valence-electron chi connectivity index (χ0n) is 27.9. The third-order valence-corrected chi connectivity index (χ3v) is 8.85. The number of rotatable bonds is 13. The Kier molecular flexibility index (Phi) is 9.24. The highest BCUT2D eigenvalue weighted by Crippen LogP contribution is 2.32. The standard InChI is InChI=1S/C36H36N10O5/c1-2-18-45-20-22(19-40-45)30-25-14-17-38-31(25)44-36(43-30)41-23-10-8-21(9-11-23)32(48)39-16-4-3-15-37-26-7-5-6-24-29(26)35(51)46(34(24)50)27-12-13-28(47)42-33(27)49/h5-11,14,17,19-20,27,37H,2-4,12-13,15-16,18H2,1H3,(H,39,48)(H,42,47,49)(H2,38,41,43,44). The van der Waals surface area contributed by atoms with E-state index < -0.39 is 29.7 Å². The Morgan fingerprint density at radius 2 is 1.80 bits per heavy atom. The maximum Gasteiger partial charge on any atom is 0.264 e. The number of aromatic amines is 1. The van der Waals surface area contributed by atoms with Crippen LogP contribution >= 0.6 is 0 Å². The zero-order valence-corrected chi connectivity index (χ0v) is 27.9. The van der Waals surface area contributed by atoms with Gasteiger partial charge in [0.2, 0.25) is 17.8 Å². The number of benzene rings is 2. The lowest BCUT2D eigenvalue weighted by atomic mass is 10.0. The van der Waals surface area contributed by atoms with Gasteiger partial charge >= 0.3 is 0 Å². The predicted octanol–water partition coefficient (Wildman–Crippen LogP) is 4.00. The second-order valence-electron chi connectivity index (χ2n) is 12.4. The average Bonchev–Trinajstić information content (AvgIpc) is 3.86. The molecule has 0 radical (unpaired) electrons. The molecule has 260 valence electrons. The molecule has 5 N–H and O–H groups in total. The molecule has 2 aliphatic heterocycles. The molecule has 5 amide bonds. The molecule has 15 nitrogen and oxygen atoms in total. The first kappa shape index (κ1) is 33.1. The number of fused-ring (bicyclic) bond motifs is 2. The number of aromatic nitrogens is 5. The number of nitrogens with one attached hydrogen (secondary N) is 5. The van der Waals surface area contributed by atoms with Crippen LogP contribution in [0.1, 0.15) is 70.1 Å². The number of imide groups is 2. The van der Waals surface area contributed by atoms with E-state index in [-0.39, 0.29) is 29.9 Å². The highest BCUT2D eigenvalue weighted by Gasteiger charge is 2.45. The van der Waals surface area contributed by atoms with Gasteiger partial charge in [-0.25, -0.2) is 4.98 Å². The van der Waals surface area contributed by atoms with E-state index in [0.29, 0.717) is 48.8 Å². The molecule has 1 atom stereocenters. The third-order valence-electron chi connectivity index (χ3n) is 8.85. The highest BCUT2D eigenvalue weighted by atomic mass is 16.2. The van der Waals surface area contributed by atoms with Crippen LogP contribution in [-0.4, -0.2) is 78.3 Å². The lowest BCUT2D eigenvalue weighted by Crippen LogP contribution is -2.54. The van der Waals surface area contributed by atoms with Gasteiger partial charge in [-0.3, -0.25) is 38.9 Å². The van der Waals surface area contributed by atoms with Crippen molar-refractivity contribution < 1.29 is 24.0 Å². The lowest BCUT2D eigenvalue weighted by molar-refractivity contribution is -0.136. The lowest BCUT2D eigenvalue weighted by Gasteiger charge is -2.27. The summed E-state index contributed by atoms with van der Waals surface area (Å²) in [5.74, 6) is -1.97. The second kappa shape index (κ2) is 14.2. The molecule has 1 saturated heterocycles. The maximum absolute atomic E-state index is 13.3. The van der Waals surface area contributed by atoms with Gasteiger partial charge in [0.25, 0.3) is 17.7 Å². The van der Waals surface area contributed by atoms with Crippen LogP contribution in [0.3, 0.4) is 0 Å². The van der Waals surface area contributed by atoms with E-state index in [1.165, 1.54) is 0 Å². The molecule has 5 heterocycles. The number of amides is 5. The molecule has 0 bridgehead atoms. The smallest absolute Gasteiger partial charge is 0.264 e. The molecule has 1 fully saturated rings. The molecule has 1 unspecified atom stereocenters. The minimum atomic E-state index is -1.02. The summed E-state index contributed by atoms with van der Waals surface area (Å²) in [5, 5.41) is 16.9. The van der Waals surface area contributed by atoms with Crippen molar-refractivity contribution >= 4 is 57.9 Å². The molecule has 0 saturated carbocycles. The summed E-state index contributed by atoms with van der Waals surface area (Å²) < 4.78 is 1.90. The van der Waals surface area contributed by atoms with Gasteiger partial charge in [-0.1, -0.05) is 13.0 Å². The largest absolute Gasteiger partial charge is 0.384 e. The van der Waals surface area contributed by atoms with E-state index >= 15 is 0 Å². The van der Waals surface area contributed by atoms with E-state index in [9.17, 15) is 24.0 Å². The number of hydrogen-bond donors (Lipinski definition) is 5. The Morgan fingerprint density at radius 3 is 2.61 bits per heavy atom. The Morgan fingerprint density at radius 1 is 0.980 bits per heavy atom. The molecule has 7 rings (SSSR count). The van der Waals surface area contributed by atoms with Gasteiger partial charge in [0, 0.05) is 66.3 Å². The van der Waals surface area contributed by atoms with Gasteiger partial charge in [-0.15, -0.1) is 0 Å². The Balaban J connectivity index is 0.895. The van der Waals surface area contributed by atoms with E-state index in [4.69, 9.17) is 4.98 Å². The number of carbonyl (C=O) groups is 5. The van der Waals surface area contributed by atoms with E-state index in [1.54, 1.807) is 48.7 Å². The Labute approximate surface area is 292 Å². The first-order valence-electron chi connectivity index (χ1n) is 16.9. The SMILES string of the molecule is CCCn1cc(-c2nc(Nc3ccc(C(=O)NCCCCNc4cccc5c4C(=O)N(C4CCC(=O)NC4=O)C5=O)cc3)nc3[nH]ccc23)cn1. The quantitative estimate of drug-likeness (QED) is 0.0891. The fraction of sp³-hybridized carbons (Fsp3) is 0.278. The number of carbonyl (C=O) groups excluding carboxylic acids is 5. The minimum absolute atomic E-state index is 0.0596. The number of hydrogen-bond acceptors (Lipinski definition) is 10. The van der Waals surface area contributed by atoms with Crippen LogP contribution in [-0.2, 0) is 16.1 Å². The molecule has 51 heavy (non-hydrogen) atoms. The van der Waals surface area contributed by atoms with Crippen molar-refractivity contribution in [3.63, 3.8) is 0 Å². The van der Waals surface area contributed by atoms with Crippen molar-refractivity contribution in [2.75, 3.05) is 23.7 Å². The monoisotopic (exact) mass is 688 g/mol. The predicted molar refractivity (Wildman–Crippen MR) is 188 cm³/mol. The Hall–Kier alpha value is -6.38. The van der Waals surface area contributed by atoms with Crippen molar-refractivity contribution in [3.05, 3.63) is 83.8 Å². The fourth-order valence-corrected chi connectivity index (χ4v) is 6.33. The maximum atomic E-state index is 13.3. The highest BCUT2D eigenvalue weighted by molar-refractivity contribution is 6.25. The molecular weight excluding hydrogens is 652 g/mol. The van der Waals surface area contributed by atoms with Crippen molar-refractivity contribution in [3.8, 4) is 11.3 Å². The average molecular weight is 689 g/mol. The zero-order chi connectivity index (χ0) is 35.5. The van der Waals surface area contributed by atoms with Crippen LogP contribution < -0.4 is 21.3 Å². The summed E-state index contributed by atoms with van der Waals surface area (Å²) in [6, 6.07) is 12.9. The van der Waals surface area contributed by atoms with E-state index in [2.05, 4.69) is 43.3 Å². The van der Waals surface area contributed by atoms with Crippen LogP contribution in [0.4, 0.5) is 17.3 Å². The van der Waals surface area contributed by atoms with Crippen LogP contribution in [0, 0.1) is 0 Å². The van der Waals surface area contributed by atoms with E-state index in [0.717, 1.165) is 40.2 Å². The summed E-state index contributed by atoms with van der Waals surface area (Å²) in [6.07, 6.45) is 8.09. The first-order chi connectivity index (χ1) is 24.8. The number of anilines is 3. The van der Waals surface area contributed by atoms with Gasteiger partial charge in [0.15, 0.2) is 0 Å². The van der Waals surface area contributed by atoms with Gasteiger partial charge < -0.3 is 20.9 Å². The molecule has 0 spiro atoms. The van der Waals surface area contributed by atoms with Crippen LogP contribution in [0.5, 0.6) is 0 Å². The van der Waals surface area contributed by atoms with Gasteiger partial charge in [0.05, 0.1) is 23.0 Å². The molecular formula is C36H36N10O5.